The topological polar surface area (TPSA) is 42.4 Å². The molecule has 0 bridgehead atoms. The first-order valence-electron chi connectivity index (χ1n) is 6.32. The van der Waals surface area contributed by atoms with Crippen molar-refractivity contribution in [1.29, 1.82) is 0 Å². The second-order valence-corrected chi connectivity index (χ2v) is 6.22. The first kappa shape index (κ1) is 13.6. The van der Waals surface area contributed by atoms with Gasteiger partial charge < -0.3 is 9.64 Å². The van der Waals surface area contributed by atoms with E-state index in [-0.39, 0.29) is 12.0 Å². The lowest BCUT2D eigenvalue weighted by molar-refractivity contribution is 0.0771. The van der Waals surface area contributed by atoms with Gasteiger partial charge in [-0.1, -0.05) is 0 Å². The van der Waals surface area contributed by atoms with Gasteiger partial charge in [-0.05, 0) is 39.5 Å². The van der Waals surface area contributed by atoms with Crippen molar-refractivity contribution < 1.29 is 9.53 Å². The van der Waals surface area contributed by atoms with Crippen LogP contribution in [0.4, 0.5) is 0 Å². The van der Waals surface area contributed by atoms with Crippen LogP contribution in [0.3, 0.4) is 0 Å². The van der Waals surface area contributed by atoms with Crippen LogP contribution in [-0.4, -0.2) is 35.0 Å². The van der Waals surface area contributed by atoms with Crippen LogP contribution in [0, 0.1) is 0 Å². The summed E-state index contributed by atoms with van der Waals surface area (Å²) < 4.78 is 6.69. The Morgan fingerprint density at radius 1 is 1.50 bits per heavy atom. The highest BCUT2D eigenvalue weighted by atomic mass is 79.9. The number of rotatable bonds is 3. The molecular formula is C14H13BrN2O2S. The minimum Gasteiger partial charge on any atom is -0.472 e. The normalized spacial score (nSPS) is 18.2. The number of likely N-dealkylation sites (tertiary alicyclic amines) is 1. The summed E-state index contributed by atoms with van der Waals surface area (Å²) in [5.74, 6) is 0.666. The molecule has 104 valence electrons. The van der Waals surface area contributed by atoms with Gasteiger partial charge in [-0.2, -0.15) is 11.3 Å². The first-order chi connectivity index (χ1) is 9.74. The zero-order chi connectivity index (χ0) is 13.9. The van der Waals surface area contributed by atoms with Crippen LogP contribution in [0.25, 0.3) is 0 Å². The monoisotopic (exact) mass is 352 g/mol. The number of nitrogens with zero attached hydrogens (tertiary/aromatic N) is 2. The molecule has 3 rings (SSSR count). The van der Waals surface area contributed by atoms with Crippen LogP contribution in [0.5, 0.6) is 5.88 Å². The minimum atomic E-state index is 0.00351. The Morgan fingerprint density at radius 3 is 3.15 bits per heavy atom. The molecule has 0 aliphatic carbocycles. The fraction of sp³-hybridized carbons (Fsp3) is 0.286. The number of aromatic nitrogens is 1. The van der Waals surface area contributed by atoms with Gasteiger partial charge in [-0.3, -0.25) is 4.79 Å². The average molecular weight is 353 g/mol. The predicted octanol–water partition coefficient (Wildman–Crippen LogP) is 3.20. The van der Waals surface area contributed by atoms with Crippen molar-refractivity contribution >= 4 is 33.2 Å². The number of pyridine rings is 1. The molecule has 1 aliphatic heterocycles. The van der Waals surface area contributed by atoms with E-state index in [9.17, 15) is 4.79 Å². The summed E-state index contributed by atoms with van der Waals surface area (Å²) in [6.07, 6.45) is 2.53. The zero-order valence-corrected chi connectivity index (χ0v) is 13.1. The summed E-state index contributed by atoms with van der Waals surface area (Å²) in [4.78, 5) is 18.3. The van der Waals surface area contributed by atoms with Crippen molar-refractivity contribution in [3.8, 4) is 5.88 Å². The Bertz CT molecular complexity index is 603. The third-order valence-electron chi connectivity index (χ3n) is 3.20. The van der Waals surface area contributed by atoms with Gasteiger partial charge in [0.05, 0.1) is 16.6 Å². The van der Waals surface area contributed by atoms with Crippen LogP contribution in [0.15, 0.2) is 39.6 Å². The maximum Gasteiger partial charge on any atom is 0.254 e. The van der Waals surface area contributed by atoms with Crippen LogP contribution >= 0.6 is 27.3 Å². The molecule has 1 fully saturated rings. The first-order valence-corrected chi connectivity index (χ1v) is 8.06. The van der Waals surface area contributed by atoms with E-state index >= 15 is 0 Å². The van der Waals surface area contributed by atoms with Gasteiger partial charge in [0.25, 0.3) is 5.91 Å². The molecule has 4 nitrogen and oxygen atoms in total. The second kappa shape index (κ2) is 5.93. The zero-order valence-electron chi connectivity index (χ0n) is 10.7. The van der Waals surface area contributed by atoms with Gasteiger partial charge in [-0.25, -0.2) is 4.98 Å². The molecule has 1 saturated heterocycles. The van der Waals surface area contributed by atoms with E-state index < -0.39 is 0 Å². The van der Waals surface area contributed by atoms with E-state index in [1.165, 1.54) is 11.3 Å². The highest BCUT2D eigenvalue weighted by Gasteiger charge is 2.29. The lowest BCUT2D eigenvalue weighted by Crippen LogP contribution is -2.30. The minimum absolute atomic E-state index is 0.00351. The molecule has 0 N–H and O–H groups in total. The van der Waals surface area contributed by atoms with Gasteiger partial charge in [0.15, 0.2) is 0 Å². The molecule has 0 aromatic carbocycles. The fourth-order valence-corrected chi connectivity index (χ4v) is 3.17. The van der Waals surface area contributed by atoms with E-state index in [4.69, 9.17) is 4.74 Å². The molecule has 0 radical (unpaired) electrons. The maximum absolute atomic E-state index is 12.2. The van der Waals surface area contributed by atoms with Crippen molar-refractivity contribution in [3.05, 3.63) is 45.2 Å². The molecule has 1 atom stereocenters. The molecule has 6 heteroatoms. The number of hydrogen-bond acceptors (Lipinski definition) is 4. The number of hydrogen-bond donors (Lipinski definition) is 0. The number of halogens is 1. The van der Waals surface area contributed by atoms with Gasteiger partial charge in [0.2, 0.25) is 5.88 Å². The Kier molecular flexibility index (Phi) is 4.03. The Hall–Kier alpha value is -1.40. The van der Waals surface area contributed by atoms with Crippen molar-refractivity contribution in [2.75, 3.05) is 13.1 Å². The summed E-state index contributed by atoms with van der Waals surface area (Å²) in [6, 6.07) is 5.60. The Labute approximate surface area is 129 Å². The number of carbonyl (C=O) groups is 1. The third-order valence-corrected chi connectivity index (χ3v) is 4.49. The highest BCUT2D eigenvalue weighted by molar-refractivity contribution is 9.10. The molecule has 1 unspecified atom stereocenters. The Balaban J connectivity index is 1.63. The molecule has 20 heavy (non-hydrogen) atoms. The number of carbonyl (C=O) groups excluding carboxylic acids is 1. The van der Waals surface area contributed by atoms with Crippen molar-refractivity contribution in [3.63, 3.8) is 0 Å². The standard InChI is InChI=1S/C14H13BrN2O2S/c15-12-2-1-5-16-13(12)19-11-3-6-17(8-11)14(18)10-4-7-20-9-10/h1-2,4-5,7,9,11H,3,6,8H2. The molecule has 0 spiro atoms. The maximum atomic E-state index is 12.2. The largest absolute Gasteiger partial charge is 0.472 e. The number of ether oxygens (including phenoxy) is 1. The summed E-state index contributed by atoms with van der Waals surface area (Å²) in [6.45, 7) is 1.33. The molecule has 0 saturated carbocycles. The van der Waals surface area contributed by atoms with Gasteiger partial charge in [-0.15, -0.1) is 0 Å². The fourth-order valence-electron chi connectivity index (χ4n) is 2.19. The van der Waals surface area contributed by atoms with E-state index in [2.05, 4.69) is 20.9 Å². The van der Waals surface area contributed by atoms with Gasteiger partial charge in [0, 0.05) is 24.5 Å². The SMILES string of the molecule is O=C(c1ccsc1)N1CCC(Oc2ncccc2Br)C1. The summed E-state index contributed by atoms with van der Waals surface area (Å²) in [7, 11) is 0. The van der Waals surface area contributed by atoms with Gasteiger partial charge in [0.1, 0.15) is 6.10 Å². The molecule has 2 aromatic heterocycles. The summed E-state index contributed by atoms with van der Waals surface area (Å²) in [5.41, 5.74) is 0.759. The molecule has 3 heterocycles. The predicted molar refractivity (Wildman–Crippen MR) is 81.2 cm³/mol. The van der Waals surface area contributed by atoms with E-state index in [0.717, 1.165) is 23.0 Å². The van der Waals surface area contributed by atoms with E-state index in [0.29, 0.717) is 12.4 Å². The van der Waals surface area contributed by atoms with Crippen LogP contribution < -0.4 is 4.74 Å². The number of amides is 1. The summed E-state index contributed by atoms with van der Waals surface area (Å²) in [5, 5.41) is 3.80. The molecular weight excluding hydrogens is 340 g/mol. The van der Waals surface area contributed by atoms with Crippen molar-refractivity contribution in [2.24, 2.45) is 0 Å². The van der Waals surface area contributed by atoms with Crippen LogP contribution in [0.2, 0.25) is 0 Å². The lowest BCUT2D eigenvalue weighted by atomic mass is 10.3. The van der Waals surface area contributed by atoms with Crippen molar-refractivity contribution in [1.82, 2.24) is 9.88 Å². The van der Waals surface area contributed by atoms with E-state index in [1.807, 2.05) is 33.9 Å². The van der Waals surface area contributed by atoms with E-state index in [1.54, 1.807) is 6.20 Å². The highest BCUT2D eigenvalue weighted by Crippen LogP contribution is 2.25. The van der Waals surface area contributed by atoms with Gasteiger partial charge >= 0.3 is 0 Å². The van der Waals surface area contributed by atoms with Crippen LogP contribution in [-0.2, 0) is 0 Å². The molecule has 1 amide bonds. The average Bonchev–Trinajstić information content (AvgIpc) is 3.12. The second-order valence-electron chi connectivity index (χ2n) is 4.58. The Morgan fingerprint density at radius 2 is 2.40 bits per heavy atom. The lowest BCUT2D eigenvalue weighted by Gasteiger charge is -2.16. The number of thiophene rings is 1. The smallest absolute Gasteiger partial charge is 0.254 e. The quantitative estimate of drug-likeness (QED) is 0.851. The summed E-state index contributed by atoms with van der Waals surface area (Å²) >= 11 is 4.95. The van der Waals surface area contributed by atoms with Crippen LogP contribution in [0.1, 0.15) is 16.8 Å². The molecule has 1 aliphatic rings. The van der Waals surface area contributed by atoms with Crippen molar-refractivity contribution in [2.45, 2.75) is 12.5 Å². The third kappa shape index (κ3) is 2.86. The molecule has 2 aromatic rings.